The van der Waals surface area contributed by atoms with Gasteiger partial charge in [0.15, 0.2) is 5.82 Å². The van der Waals surface area contributed by atoms with Crippen molar-refractivity contribution in [1.29, 1.82) is 0 Å². The number of rotatable bonds is 1. The van der Waals surface area contributed by atoms with Crippen LogP contribution in [0.2, 0.25) is 0 Å². The Labute approximate surface area is 126 Å². The van der Waals surface area contributed by atoms with Gasteiger partial charge in [0.05, 0.1) is 12.5 Å². The van der Waals surface area contributed by atoms with Gasteiger partial charge in [-0.05, 0) is 26.2 Å². The zero-order valence-corrected chi connectivity index (χ0v) is 12.4. The number of hydrogen-bond acceptors (Lipinski definition) is 3. The number of nitrogens with zero attached hydrogens (tertiary/aromatic N) is 4. The number of alkyl halides is 3. The quantitative estimate of drug-likeness (QED) is 0.799. The smallest absolute Gasteiger partial charge is 0.333 e. The fraction of sp³-hybridized carbons (Fsp3) is 0.786. The summed E-state index contributed by atoms with van der Waals surface area (Å²) < 4.78 is 40.6. The summed E-state index contributed by atoms with van der Waals surface area (Å²) in [5.41, 5.74) is 0. The van der Waals surface area contributed by atoms with Crippen molar-refractivity contribution in [2.45, 2.75) is 51.9 Å². The van der Waals surface area contributed by atoms with Crippen molar-refractivity contribution < 1.29 is 18.0 Å². The molecule has 1 aliphatic heterocycles. The minimum Gasteiger partial charge on any atom is -0.333 e. The highest BCUT2D eigenvalue weighted by molar-refractivity contribution is 5.79. The van der Waals surface area contributed by atoms with E-state index in [2.05, 4.69) is 10.2 Å². The van der Waals surface area contributed by atoms with Gasteiger partial charge in [-0.1, -0.05) is 6.42 Å². The molecule has 0 saturated heterocycles. The summed E-state index contributed by atoms with van der Waals surface area (Å²) in [5, 5.41) is 8.00. The van der Waals surface area contributed by atoms with E-state index >= 15 is 0 Å². The van der Waals surface area contributed by atoms with Crippen LogP contribution in [0.25, 0.3) is 0 Å². The highest BCUT2D eigenvalue weighted by Crippen LogP contribution is 2.40. The SMILES string of the molecule is Cc1nnc2n1CCN(C(=O)[C@H]1CCC[C@H](C(F)(F)F)C1)C2. The van der Waals surface area contributed by atoms with Gasteiger partial charge < -0.3 is 9.47 Å². The summed E-state index contributed by atoms with van der Waals surface area (Å²) >= 11 is 0. The van der Waals surface area contributed by atoms with Crippen LogP contribution >= 0.6 is 0 Å². The van der Waals surface area contributed by atoms with Gasteiger partial charge in [0.2, 0.25) is 5.91 Å². The van der Waals surface area contributed by atoms with Gasteiger partial charge in [-0.2, -0.15) is 13.2 Å². The van der Waals surface area contributed by atoms with Gasteiger partial charge in [0.25, 0.3) is 0 Å². The van der Waals surface area contributed by atoms with E-state index in [9.17, 15) is 18.0 Å². The molecule has 0 unspecified atom stereocenters. The maximum absolute atomic E-state index is 12.9. The third kappa shape index (κ3) is 2.83. The van der Waals surface area contributed by atoms with Crippen molar-refractivity contribution in [3.05, 3.63) is 11.6 Å². The van der Waals surface area contributed by atoms with Crippen LogP contribution in [0.4, 0.5) is 13.2 Å². The molecule has 1 aromatic rings. The summed E-state index contributed by atoms with van der Waals surface area (Å²) in [6.07, 6.45) is -3.12. The summed E-state index contributed by atoms with van der Waals surface area (Å²) in [5.74, 6) is -0.514. The molecule has 1 aliphatic carbocycles. The molecule has 1 aromatic heterocycles. The number of hydrogen-bond donors (Lipinski definition) is 0. The van der Waals surface area contributed by atoms with Crippen LogP contribution in [-0.2, 0) is 17.9 Å². The zero-order valence-electron chi connectivity index (χ0n) is 12.4. The third-order valence-electron chi connectivity index (χ3n) is 4.74. The zero-order chi connectivity index (χ0) is 15.9. The Balaban J connectivity index is 1.67. The lowest BCUT2D eigenvalue weighted by Crippen LogP contribution is -2.44. The van der Waals surface area contributed by atoms with Crippen molar-refractivity contribution in [3.63, 3.8) is 0 Å². The molecule has 0 radical (unpaired) electrons. The molecule has 2 aliphatic rings. The first-order valence-corrected chi connectivity index (χ1v) is 7.60. The van der Waals surface area contributed by atoms with Crippen LogP contribution in [0, 0.1) is 18.8 Å². The average Bonchev–Trinajstić information content (AvgIpc) is 2.87. The first-order valence-electron chi connectivity index (χ1n) is 7.60. The van der Waals surface area contributed by atoms with Crippen LogP contribution < -0.4 is 0 Å². The Morgan fingerprint density at radius 2 is 2.00 bits per heavy atom. The molecule has 3 rings (SSSR count). The highest BCUT2D eigenvalue weighted by Gasteiger charge is 2.44. The van der Waals surface area contributed by atoms with E-state index in [1.54, 1.807) is 4.90 Å². The molecular formula is C14H19F3N4O. The monoisotopic (exact) mass is 316 g/mol. The second-order valence-corrected chi connectivity index (χ2v) is 6.18. The first-order chi connectivity index (χ1) is 10.4. The number of fused-ring (bicyclic) bond motifs is 1. The molecule has 0 spiro atoms. The van der Waals surface area contributed by atoms with Crippen molar-refractivity contribution in [3.8, 4) is 0 Å². The Morgan fingerprint density at radius 1 is 1.23 bits per heavy atom. The maximum Gasteiger partial charge on any atom is 0.391 e. The van der Waals surface area contributed by atoms with Crippen molar-refractivity contribution in [2.75, 3.05) is 6.54 Å². The topological polar surface area (TPSA) is 51.0 Å². The normalized spacial score (nSPS) is 25.9. The van der Waals surface area contributed by atoms with Crippen molar-refractivity contribution in [1.82, 2.24) is 19.7 Å². The molecule has 2 heterocycles. The van der Waals surface area contributed by atoms with Gasteiger partial charge in [-0.15, -0.1) is 10.2 Å². The molecule has 1 saturated carbocycles. The molecule has 2 atom stereocenters. The number of aromatic nitrogens is 3. The molecule has 0 bridgehead atoms. The number of aryl methyl sites for hydroxylation is 1. The molecule has 22 heavy (non-hydrogen) atoms. The number of halogens is 3. The minimum absolute atomic E-state index is 0.0788. The van der Waals surface area contributed by atoms with Gasteiger partial charge >= 0.3 is 6.18 Å². The summed E-state index contributed by atoms with van der Waals surface area (Å²) in [7, 11) is 0. The van der Waals surface area contributed by atoms with Gasteiger partial charge in [-0.25, -0.2) is 0 Å². The van der Waals surface area contributed by atoms with Crippen LogP contribution in [-0.4, -0.2) is 38.3 Å². The molecule has 0 N–H and O–H groups in total. The van der Waals surface area contributed by atoms with E-state index in [-0.39, 0.29) is 18.7 Å². The second-order valence-electron chi connectivity index (χ2n) is 6.18. The Morgan fingerprint density at radius 3 is 2.73 bits per heavy atom. The van der Waals surface area contributed by atoms with Gasteiger partial charge in [-0.3, -0.25) is 4.79 Å². The fourth-order valence-corrected chi connectivity index (χ4v) is 3.46. The van der Waals surface area contributed by atoms with E-state index < -0.39 is 18.0 Å². The molecule has 1 amide bonds. The van der Waals surface area contributed by atoms with E-state index in [0.29, 0.717) is 38.3 Å². The summed E-state index contributed by atoms with van der Waals surface area (Å²) in [4.78, 5) is 14.2. The second kappa shape index (κ2) is 5.55. The Hall–Kier alpha value is -1.60. The molecule has 122 valence electrons. The van der Waals surface area contributed by atoms with E-state index in [1.807, 2.05) is 11.5 Å². The lowest BCUT2D eigenvalue weighted by Gasteiger charge is -2.35. The number of amides is 1. The van der Waals surface area contributed by atoms with Crippen LogP contribution in [0.5, 0.6) is 0 Å². The predicted molar refractivity (Wildman–Crippen MR) is 71.7 cm³/mol. The summed E-state index contributed by atoms with van der Waals surface area (Å²) in [6.45, 7) is 3.31. The minimum atomic E-state index is -4.20. The molecule has 1 fully saturated rings. The highest BCUT2D eigenvalue weighted by atomic mass is 19.4. The van der Waals surface area contributed by atoms with Crippen molar-refractivity contribution in [2.24, 2.45) is 11.8 Å². The Kier molecular flexibility index (Phi) is 3.86. The van der Waals surface area contributed by atoms with E-state index in [1.165, 1.54) is 0 Å². The molecule has 0 aromatic carbocycles. The Bertz CT molecular complexity index is 569. The van der Waals surface area contributed by atoms with Crippen LogP contribution in [0.1, 0.15) is 37.3 Å². The maximum atomic E-state index is 12.9. The first kappa shape index (κ1) is 15.3. The molecular weight excluding hydrogens is 297 g/mol. The lowest BCUT2D eigenvalue weighted by atomic mass is 9.80. The molecule has 8 heteroatoms. The van der Waals surface area contributed by atoms with Crippen LogP contribution in [0.15, 0.2) is 0 Å². The van der Waals surface area contributed by atoms with Crippen molar-refractivity contribution >= 4 is 5.91 Å². The van der Waals surface area contributed by atoms with Gasteiger partial charge in [0.1, 0.15) is 5.82 Å². The average molecular weight is 316 g/mol. The lowest BCUT2D eigenvalue weighted by molar-refractivity contribution is -0.187. The third-order valence-corrected chi connectivity index (χ3v) is 4.74. The molecule has 5 nitrogen and oxygen atoms in total. The largest absolute Gasteiger partial charge is 0.391 e. The van der Waals surface area contributed by atoms with Gasteiger partial charge in [0, 0.05) is 19.0 Å². The fourth-order valence-electron chi connectivity index (χ4n) is 3.46. The van der Waals surface area contributed by atoms with E-state index in [4.69, 9.17) is 0 Å². The summed E-state index contributed by atoms with van der Waals surface area (Å²) in [6, 6.07) is 0. The standard InChI is InChI=1S/C14H19F3N4O/c1-9-18-19-12-8-20(5-6-21(9)12)13(22)10-3-2-4-11(7-10)14(15,16)17/h10-11H,2-8H2,1H3/t10-,11-/m0/s1. The number of carbonyl (C=O) groups is 1. The van der Waals surface area contributed by atoms with Crippen LogP contribution in [0.3, 0.4) is 0 Å². The predicted octanol–water partition coefficient (Wildman–Crippen LogP) is 2.30. The van der Waals surface area contributed by atoms with E-state index in [0.717, 1.165) is 5.82 Å². The number of carbonyl (C=O) groups excluding carboxylic acids is 1.